The van der Waals surface area contributed by atoms with Crippen molar-refractivity contribution >= 4 is 44.4 Å². The summed E-state index contributed by atoms with van der Waals surface area (Å²) >= 11 is 3.21. The minimum absolute atomic E-state index is 0.0154. The van der Waals surface area contributed by atoms with Crippen LogP contribution in [0.1, 0.15) is 21.5 Å². The maximum atomic E-state index is 13.7. The first-order valence-corrected chi connectivity index (χ1v) is 12.2. The number of thiazole rings is 1. The average molecular weight is 442 g/mol. The molecule has 2 heterocycles. The van der Waals surface area contributed by atoms with Crippen LogP contribution in [0.2, 0.25) is 0 Å². The van der Waals surface area contributed by atoms with Crippen LogP contribution in [0.5, 0.6) is 0 Å². The first-order chi connectivity index (χ1) is 14.6. The molecule has 1 saturated heterocycles. The van der Waals surface area contributed by atoms with Gasteiger partial charge in [-0.25, -0.2) is 4.98 Å². The number of fused-ring (bicyclic) bond motifs is 1. The maximum absolute atomic E-state index is 13.7. The predicted octanol–water partition coefficient (Wildman–Crippen LogP) is 4.61. The number of rotatable bonds is 6. The lowest BCUT2D eigenvalue weighted by molar-refractivity contribution is 0.0391. The van der Waals surface area contributed by atoms with Crippen LogP contribution >= 0.6 is 23.1 Å². The molecule has 0 saturated carbocycles. The molecule has 1 aromatic heterocycles. The van der Waals surface area contributed by atoms with Gasteiger partial charge in [0.1, 0.15) is 0 Å². The number of carbonyl (C=O) groups excluding carboxylic acids is 1. The zero-order chi connectivity index (χ0) is 21.1. The number of aromatic nitrogens is 1. The molecule has 158 valence electrons. The lowest BCUT2D eigenvalue weighted by Crippen LogP contribution is -2.43. The van der Waals surface area contributed by atoms with Crippen molar-refractivity contribution in [3.05, 3.63) is 53.1 Å². The largest absolute Gasteiger partial charge is 0.379 e. The third-order valence-corrected chi connectivity index (χ3v) is 7.39. The van der Waals surface area contributed by atoms with Gasteiger partial charge in [-0.05, 0) is 49.4 Å². The van der Waals surface area contributed by atoms with E-state index in [-0.39, 0.29) is 5.91 Å². The van der Waals surface area contributed by atoms with Crippen LogP contribution in [0.4, 0.5) is 5.13 Å². The molecule has 0 spiro atoms. The Morgan fingerprint density at radius 3 is 2.77 bits per heavy atom. The Hall–Kier alpha value is -1.93. The van der Waals surface area contributed by atoms with Crippen molar-refractivity contribution in [2.75, 3.05) is 50.5 Å². The van der Waals surface area contributed by atoms with Crippen LogP contribution in [-0.2, 0) is 4.74 Å². The Morgan fingerprint density at radius 1 is 1.23 bits per heavy atom. The number of anilines is 1. The van der Waals surface area contributed by atoms with Crippen LogP contribution < -0.4 is 4.90 Å². The van der Waals surface area contributed by atoms with Gasteiger partial charge in [-0.3, -0.25) is 14.6 Å². The molecule has 0 N–H and O–H groups in total. The first kappa shape index (κ1) is 21.3. The summed E-state index contributed by atoms with van der Waals surface area (Å²) in [5, 5.41) is 0.771. The number of thioether (sulfide) groups is 1. The van der Waals surface area contributed by atoms with Crippen molar-refractivity contribution in [1.82, 2.24) is 9.88 Å². The van der Waals surface area contributed by atoms with Gasteiger partial charge < -0.3 is 4.74 Å². The van der Waals surface area contributed by atoms with Crippen molar-refractivity contribution in [3.8, 4) is 0 Å². The molecule has 3 aromatic rings. The van der Waals surface area contributed by atoms with Gasteiger partial charge >= 0.3 is 0 Å². The second kappa shape index (κ2) is 9.47. The number of carbonyl (C=O) groups is 1. The fraction of sp³-hybridized carbons (Fsp3) is 0.391. The van der Waals surface area contributed by atoms with E-state index in [1.807, 2.05) is 35.4 Å². The summed E-state index contributed by atoms with van der Waals surface area (Å²) in [6.45, 7) is 8.93. The van der Waals surface area contributed by atoms with E-state index in [4.69, 9.17) is 9.72 Å². The fourth-order valence-electron chi connectivity index (χ4n) is 3.80. The number of nitrogens with zero attached hydrogens (tertiary/aromatic N) is 3. The lowest BCUT2D eigenvalue weighted by Gasteiger charge is -2.29. The molecule has 0 atom stereocenters. The molecule has 30 heavy (non-hydrogen) atoms. The Morgan fingerprint density at radius 2 is 2.00 bits per heavy atom. The summed E-state index contributed by atoms with van der Waals surface area (Å²) in [6.07, 6.45) is 2.01. The van der Waals surface area contributed by atoms with Crippen LogP contribution in [0, 0.1) is 13.8 Å². The molecule has 1 amide bonds. The summed E-state index contributed by atoms with van der Waals surface area (Å²) in [5.74, 6) is 0.0154. The molecular formula is C23H27N3O2S2. The van der Waals surface area contributed by atoms with Crippen molar-refractivity contribution in [2.45, 2.75) is 18.7 Å². The molecule has 0 radical (unpaired) electrons. The van der Waals surface area contributed by atoms with E-state index in [1.165, 1.54) is 11.1 Å². The van der Waals surface area contributed by atoms with Gasteiger partial charge in [0.05, 0.1) is 29.0 Å². The number of ether oxygens (including phenoxy) is 1. The standard InChI is InChI=1S/C23H27N3O2S2/c1-16-14-17(2)21-19(15-16)24-23(30-21)26(9-8-25-10-12-28-13-11-25)22(27)18-6-4-5-7-20(18)29-3/h4-7,14-15H,8-13H2,1-3H3. The zero-order valence-electron chi connectivity index (χ0n) is 17.7. The molecule has 5 nitrogen and oxygen atoms in total. The summed E-state index contributed by atoms with van der Waals surface area (Å²) in [7, 11) is 0. The molecule has 2 aromatic carbocycles. The van der Waals surface area contributed by atoms with Gasteiger partial charge in [0.2, 0.25) is 0 Å². The number of morpholine rings is 1. The Labute approximate surface area is 186 Å². The van der Waals surface area contributed by atoms with E-state index in [0.29, 0.717) is 6.54 Å². The average Bonchev–Trinajstić information content (AvgIpc) is 3.18. The highest BCUT2D eigenvalue weighted by atomic mass is 32.2. The molecular weight excluding hydrogens is 414 g/mol. The van der Waals surface area contributed by atoms with E-state index in [0.717, 1.165) is 58.7 Å². The monoisotopic (exact) mass is 441 g/mol. The SMILES string of the molecule is CSc1ccccc1C(=O)N(CCN1CCOCC1)c1nc2cc(C)cc(C)c2s1. The maximum Gasteiger partial charge on any atom is 0.261 e. The number of amides is 1. The molecule has 0 unspecified atom stereocenters. The van der Waals surface area contributed by atoms with Crippen LogP contribution in [0.15, 0.2) is 41.3 Å². The highest BCUT2D eigenvalue weighted by molar-refractivity contribution is 7.98. The minimum Gasteiger partial charge on any atom is -0.379 e. The summed E-state index contributed by atoms with van der Waals surface area (Å²) in [4.78, 5) is 23.7. The summed E-state index contributed by atoms with van der Waals surface area (Å²) < 4.78 is 6.62. The van der Waals surface area contributed by atoms with Gasteiger partial charge in [0, 0.05) is 31.1 Å². The molecule has 1 aliphatic rings. The van der Waals surface area contributed by atoms with Crippen LogP contribution in [-0.4, -0.2) is 61.4 Å². The number of hydrogen-bond acceptors (Lipinski definition) is 6. The lowest BCUT2D eigenvalue weighted by atomic mass is 10.1. The van der Waals surface area contributed by atoms with E-state index >= 15 is 0 Å². The predicted molar refractivity (Wildman–Crippen MR) is 126 cm³/mol. The number of hydrogen-bond donors (Lipinski definition) is 0. The Kier molecular flexibility index (Phi) is 6.73. The second-order valence-electron chi connectivity index (χ2n) is 7.54. The zero-order valence-corrected chi connectivity index (χ0v) is 19.3. The van der Waals surface area contributed by atoms with E-state index in [9.17, 15) is 4.79 Å². The third-order valence-electron chi connectivity index (χ3n) is 5.37. The minimum atomic E-state index is 0.0154. The Balaban J connectivity index is 1.69. The van der Waals surface area contributed by atoms with Crippen LogP contribution in [0.3, 0.4) is 0 Å². The molecule has 1 aliphatic heterocycles. The highest BCUT2D eigenvalue weighted by Crippen LogP contribution is 2.33. The summed E-state index contributed by atoms with van der Waals surface area (Å²) in [5.41, 5.74) is 4.10. The highest BCUT2D eigenvalue weighted by Gasteiger charge is 2.24. The first-order valence-electron chi connectivity index (χ1n) is 10.2. The van der Waals surface area contributed by atoms with Gasteiger partial charge in [-0.1, -0.05) is 29.5 Å². The molecule has 4 rings (SSSR count). The van der Waals surface area contributed by atoms with Crippen molar-refractivity contribution in [1.29, 1.82) is 0 Å². The van der Waals surface area contributed by atoms with Crippen molar-refractivity contribution < 1.29 is 9.53 Å². The topological polar surface area (TPSA) is 45.7 Å². The number of aryl methyl sites for hydroxylation is 2. The van der Waals surface area contributed by atoms with E-state index in [1.54, 1.807) is 23.1 Å². The van der Waals surface area contributed by atoms with Crippen molar-refractivity contribution in [3.63, 3.8) is 0 Å². The quantitative estimate of drug-likeness (QED) is 0.523. The molecule has 0 aliphatic carbocycles. The van der Waals surface area contributed by atoms with E-state index < -0.39 is 0 Å². The van der Waals surface area contributed by atoms with E-state index in [2.05, 4.69) is 30.9 Å². The van der Waals surface area contributed by atoms with Crippen LogP contribution in [0.25, 0.3) is 10.2 Å². The van der Waals surface area contributed by atoms with Gasteiger partial charge in [-0.2, -0.15) is 0 Å². The third kappa shape index (κ3) is 4.54. The fourth-order valence-corrected chi connectivity index (χ4v) is 5.43. The number of benzene rings is 2. The van der Waals surface area contributed by atoms with Gasteiger partial charge in [-0.15, -0.1) is 11.8 Å². The summed E-state index contributed by atoms with van der Waals surface area (Å²) in [6, 6.07) is 12.1. The molecule has 0 bridgehead atoms. The van der Waals surface area contributed by atoms with Crippen molar-refractivity contribution in [2.24, 2.45) is 0 Å². The normalized spacial score (nSPS) is 14.9. The molecule has 7 heteroatoms. The van der Waals surface area contributed by atoms with Gasteiger partial charge in [0.25, 0.3) is 5.91 Å². The Bertz CT molecular complexity index is 1040. The smallest absolute Gasteiger partial charge is 0.261 e. The molecule has 1 fully saturated rings. The second-order valence-corrected chi connectivity index (χ2v) is 9.36. The van der Waals surface area contributed by atoms with Gasteiger partial charge in [0.15, 0.2) is 5.13 Å².